The van der Waals surface area contributed by atoms with Crippen LogP contribution in [0.3, 0.4) is 0 Å². The van der Waals surface area contributed by atoms with Gasteiger partial charge in [0.15, 0.2) is 0 Å². The van der Waals surface area contributed by atoms with Gasteiger partial charge < -0.3 is 14.6 Å². The van der Waals surface area contributed by atoms with Gasteiger partial charge in [0.2, 0.25) is 15.9 Å². The number of hydrogen-bond acceptors (Lipinski definition) is 5. The summed E-state index contributed by atoms with van der Waals surface area (Å²) in [5.74, 6) is -0.297. The highest BCUT2D eigenvalue weighted by atomic mass is 35.5. The lowest BCUT2D eigenvalue weighted by molar-refractivity contribution is -0.116. The predicted molar refractivity (Wildman–Crippen MR) is 119 cm³/mol. The van der Waals surface area contributed by atoms with E-state index < -0.39 is 10.0 Å². The van der Waals surface area contributed by atoms with Gasteiger partial charge >= 0.3 is 0 Å². The molecular weight excluding hydrogens is 440 g/mol. The standard InChI is InChI=1S/C21H23ClN4O4S/c1-14-9-18-19(10-15(14)2)25(13-23-18)12-21(27)24-16-3-4-17(22)20(11-16)31(28,29)26-5-7-30-8-6-26/h3-4,9-11,13H,5-8,12H2,1-2H3,(H,24,27). The number of anilines is 1. The van der Waals surface area contributed by atoms with Crippen molar-refractivity contribution in [2.75, 3.05) is 31.6 Å². The fourth-order valence-electron chi connectivity index (χ4n) is 3.50. The summed E-state index contributed by atoms with van der Waals surface area (Å²) in [7, 11) is -3.78. The molecule has 0 unspecified atom stereocenters. The molecular formula is C21H23ClN4O4S. The maximum absolute atomic E-state index is 13.0. The number of sulfonamides is 1. The summed E-state index contributed by atoms with van der Waals surface area (Å²) in [6.45, 7) is 5.28. The van der Waals surface area contributed by atoms with Crippen LogP contribution in [-0.4, -0.2) is 54.5 Å². The van der Waals surface area contributed by atoms with E-state index in [1.165, 1.54) is 16.4 Å². The average molecular weight is 463 g/mol. The number of aryl methyl sites for hydroxylation is 2. The van der Waals surface area contributed by atoms with Crippen molar-refractivity contribution in [3.8, 4) is 0 Å². The Labute approximate surface area is 185 Å². The summed E-state index contributed by atoms with van der Waals surface area (Å²) in [5, 5.41) is 2.87. The number of aromatic nitrogens is 2. The molecule has 2 heterocycles. The predicted octanol–water partition coefficient (Wildman–Crippen LogP) is 2.97. The molecule has 164 valence electrons. The number of fused-ring (bicyclic) bond motifs is 1. The Morgan fingerprint density at radius 1 is 1.16 bits per heavy atom. The number of rotatable bonds is 5. The SMILES string of the molecule is Cc1cc2ncn(CC(=O)Nc3ccc(Cl)c(S(=O)(=O)N4CCOCC4)c3)c2cc1C. The van der Waals surface area contributed by atoms with Gasteiger partial charge in [0.25, 0.3) is 0 Å². The number of imidazole rings is 1. The molecule has 0 bridgehead atoms. The normalized spacial score (nSPS) is 15.3. The summed E-state index contributed by atoms with van der Waals surface area (Å²) in [6.07, 6.45) is 1.62. The molecule has 0 radical (unpaired) electrons. The summed E-state index contributed by atoms with van der Waals surface area (Å²) in [4.78, 5) is 17.0. The average Bonchev–Trinajstić information content (AvgIpc) is 3.11. The molecule has 1 saturated heterocycles. The fourth-order valence-corrected chi connectivity index (χ4v) is 5.41. The van der Waals surface area contributed by atoms with E-state index in [0.29, 0.717) is 18.9 Å². The second kappa shape index (κ2) is 8.58. The Hall–Kier alpha value is -2.46. The Kier molecular flexibility index (Phi) is 6.02. The number of carbonyl (C=O) groups excluding carboxylic acids is 1. The van der Waals surface area contributed by atoms with Crippen LogP contribution in [0.25, 0.3) is 11.0 Å². The second-order valence-corrected chi connectivity index (χ2v) is 9.82. The molecule has 3 aromatic rings. The van der Waals surface area contributed by atoms with Crippen molar-refractivity contribution < 1.29 is 17.9 Å². The fraction of sp³-hybridized carbons (Fsp3) is 0.333. The first-order chi connectivity index (χ1) is 14.8. The number of nitrogens with one attached hydrogen (secondary N) is 1. The second-order valence-electron chi connectivity index (χ2n) is 7.51. The first kappa shape index (κ1) is 21.8. The molecule has 1 amide bonds. The highest BCUT2D eigenvalue weighted by Crippen LogP contribution is 2.28. The smallest absolute Gasteiger partial charge is 0.244 e. The minimum atomic E-state index is -3.78. The van der Waals surface area contributed by atoms with Crippen molar-refractivity contribution in [1.82, 2.24) is 13.9 Å². The number of halogens is 1. The van der Waals surface area contributed by atoms with Crippen LogP contribution < -0.4 is 5.32 Å². The van der Waals surface area contributed by atoms with Gasteiger partial charge in [-0.2, -0.15) is 4.31 Å². The van der Waals surface area contributed by atoms with Crippen LogP contribution in [0.2, 0.25) is 5.02 Å². The van der Waals surface area contributed by atoms with Crippen LogP contribution in [0.5, 0.6) is 0 Å². The molecule has 2 aromatic carbocycles. The number of nitrogens with zero attached hydrogens (tertiary/aromatic N) is 3. The lowest BCUT2D eigenvalue weighted by Crippen LogP contribution is -2.40. The van der Waals surface area contributed by atoms with Crippen LogP contribution >= 0.6 is 11.6 Å². The number of carbonyl (C=O) groups is 1. The van der Waals surface area contributed by atoms with Crippen molar-refractivity contribution in [1.29, 1.82) is 0 Å². The van der Waals surface area contributed by atoms with Crippen LogP contribution in [0.1, 0.15) is 11.1 Å². The molecule has 1 aliphatic heterocycles. The quantitative estimate of drug-likeness (QED) is 0.629. The van der Waals surface area contributed by atoms with Gasteiger partial charge in [-0.05, 0) is 55.3 Å². The maximum Gasteiger partial charge on any atom is 0.244 e. The Bertz CT molecular complexity index is 1250. The number of benzene rings is 2. The van der Waals surface area contributed by atoms with Crippen molar-refractivity contribution in [2.45, 2.75) is 25.3 Å². The van der Waals surface area contributed by atoms with E-state index in [0.717, 1.165) is 22.2 Å². The van der Waals surface area contributed by atoms with Crippen molar-refractivity contribution in [3.63, 3.8) is 0 Å². The number of amides is 1. The summed E-state index contributed by atoms with van der Waals surface area (Å²) in [6, 6.07) is 8.44. The molecule has 1 aliphatic rings. The summed E-state index contributed by atoms with van der Waals surface area (Å²) in [5.41, 5.74) is 4.30. The van der Waals surface area contributed by atoms with Gasteiger partial charge in [0.1, 0.15) is 11.4 Å². The monoisotopic (exact) mass is 462 g/mol. The van der Waals surface area contributed by atoms with Crippen LogP contribution in [0.15, 0.2) is 41.6 Å². The summed E-state index contributed by atoms with van der Waals surface area (Å²) < 4.78 is 34.3. The van der Waals surface area contributed by atoms with E-state index in [1.807, 2.05) is 26.0 Å². The molecule has 1 aromatic heterocycles. The van der Waals surface area contributed by atoms with Gasteiger partial charge in [-0.25, -0.2) is 13.4 Å². The molecule has 0 atom stereocenters. The van der Waals surface area contributed by atoms with Crippen molar-refractivity contribution >= 4 is 44.3 Å². The Balaban J connectivity index is 1.54. The zero-order chi connectivity index (χ0) is 22.2. The molecule has 4 rings (SSSR count). The van der Waals surface area contributed by atoms with Crippen molar-refractivity contribution in [3.05, 3.63) is 52.8 Å². The van der Waals surface area contributed by atoms with Gasteiger partial charge in [-0.1, -0.05) is 11.6 Å². The third-order valence-electron chi connectivity index (χ3n) is 5.35. The van der Waals surface area contributed by atoms with Crippen molar-refractivity contribution in [2.24, 2.45) is 0 Å². The minimum absolute atomic E-state index is 0.0342. The van der Waals surface area contributed by atoms with Gasteiger partial charge in [-0.15, -0.1) is 0 Å². The molecule has 8 nitrogen and oxygen atoms in total. The maximum atomic E-state index is 13.0. The van der Waals surface area contributed by atoms with E-state index in [9.17, 15) is 13.2 Å². The highest BCUT2D eigenvalue weighted by molar-refractivity contribution is 7.89. The van der Waals surface area contributed by atoms with Gasteiger partial charge in [0, 0.05) is 18.8 Å². The lowest BCUT2D eigenvalue weighted by Gasteiger charge is -2.26. The van der Waals surface area contributed by atoms with E-state index in [4.69, 9.17) is 16.3 Å². The number of morpholine rings is 1. The molecule has 1 N–H and O–H groups in total. The Morgan fingerprint density at radius 2 is 1.87 bits per heavy atom. The molecule has 0 spiro atoms. The highest BCUT2D eigenvalue weighted by Gasteiger charge is 2.28. The molecule has 1 fully saturated rings. The van der Waals surface area contributed by atoms with Crippen LogP contribution in [-0.2, 0) is 26.1 Å². The largest absolute Gasteiger partial charge is 0.379 e. The third-order valence-corrected chi connectivity index (χ3v) is 7.73. The lowest BCUT2D eigenvalue weighted by atomic mass is 10.1. The van der Waals surface area contributed by atoms with Crippen LogP contribution in [0, 0.1) is 13.8 Å². The minimum Gasteiger partial charge on any atom is -0.379 e. The van der Waals surface area contributed by atoms with E-state index in [1.54, 1.807) is 17.0 Å². The molecule has 0 aliphatic carbocycles. The molecule has 10 heteroatoms. The first-order valence-electron chi connectivity index (χ1n) is 9.85. The van der Waals surface area contributed by atoms with E-state index in [2.05, 4.69) is 10.3 Å². The van der Waals surface area contributed by atoms with Crippen LogP contribution in [0.4, 0.5) is 5.69 Å². The molecule has 31 heavy (non-hydrogen) atoms. The third kappa shape index (κ3) is 4.45. The number of ether oxygens (including phenoxy) is 1. The van der Waals surface area contributed by atoms with Gasteiger partial charge in [0.05, 0.1) is 35.6 Å². The molecule has 0 saturated carbocycles. The van der Waals surface area contributed by atoms with E-state index in [-0.39, 0.29) is 35.5 Å². The Morgan fingerprint density at radius 3 is 2.61 bits per heavy atom. The summed E-state index contributed by atoms with van der Waals surface area (Å²) >= 11 is 6.18. The topological polar surface area (TPSA) is 93.5 Å². The first-order valence-corrected chi connectivity index (χ1v) is 11.7. The number of hydrogen-bond donors (Lipinski definition) is 1. The van der Waals surface area contributed by atoms with E-state index >= 15 is 0 Å². The zero-order valence-corrected chi connectivity index (χ0v) is 18.8. The zero-order valence-electron chi connectivity index (χ0n) is 17.3. The van der Waals surface area contributed by atoms with Gasteiger partial charge in [-0.3, -0.25) is 4.79 Å².